The standard InChI is InChI=1S/C15H20F2O2S/c16-15(17,12-6-9-13-7-4-5-8-13)20(18,19)14-10-2-1-3-11-14/h1-3,10-11,13H,4-9,12H2. The predicted molar refractivity (Wildman–Crippen MR) is 74.4 cm³/mol. The second-order valence-electron chi connectivity index (χ2n) is 5.50. The Labute approximate surface area is 119 Å². The molecule has 0 unspecified atom stereocenters. The van der Waals surface area contributed by atoms with Crippen LogP contribution in [0.3, 0.4) is 0 Å². The van der Waals surface area contributed by atoms with Crippen LogP contribution in [0.15, 0.2) is 35.2 Å². The van der Waals surface area contributed by atoms with Crippen molar-refractivity contribution in [3.8, 4) is 0 Å². The van der Waals surface area contributed by atoms with Crippen LogP contribution in [-0.4, -0.2) is 13.7 Å². The molecule has 1 fully saturated rings. The molecule has 1 saturated carbocycles. The highest BCUT2D eigenvalue weighted by molar-refractivity contribution is 7.92. The molecule has 20 heavy (non-hydrogen) atoms. The third-order valence-electron chi connectivity index (χ3n) is 4.00. The van der Waals surface area contributed by atoms with Crippen molar-refractivity contribution in [3.63, 3.8) is 0 Å². The fraction of sp³-hybridized carbons (Fsp3) is 0.600. The van der Waals surface area contributed by atoms with Crippen molar-refractivity contribution in [2.45, 2.75) is 55.1 Å². The van der Waals surface area contributed by atoms with Gasteiger partial charge in [0.2, 0.25) is 9.84 Å². The zero-order valence-corrected chi connectivity index (χ0v) is 12.2. The van der Waals surface area contributed by atoms with E-state index in [1.54, 1.807) is 6.07 Å². The Morgan fingerprint density at radius 3 is 2.30 bits per heavy atom. The molecular weight excluding hydrogens is 282 g/mol. The van der Waals surface area contributed by atoms with Gasteiger partial charge in [0.15, 0.2) is 0 Å². The van der Waals surface area contributed by atoms with E-state index in [0.717, 1.165) is 12.8 Å². The van der Waals surface area contributed by atoms with Gasteiger partial charge in [-0.05, 0) is 24.5 Å². The van der Waals surface area contributed by atoms with Crippen molar-refractivity contribution in [2.75, 3.05) is 0 Å². The van der Waals surface area contributed by atoms with E-state index in [0.29, 0.717) is 12.3 Å². The fourth-order valence-corrected chi connectivity index (χ4v) is 4.08. The van der Waals surface area contributed by atoms with E-state index >= 15 is 0 Å². The van der Waals surface area contributed by atoms with Gasteiger partial charge >= 0.3 is 5.25 Å². The molecule has 1 aromatic carbocycles. The van der Waals surface area contributed by atoms with Crippen LogP contribution in [0.5, 0.6) is 0 Å². The van der Waals surface area contributed by atoms with Crippen molar-refractivity contribution >= 4 is 9.84 Å². The lowest BCUT2D eigenvalue weighted by Crippen LogP contribution is -2.29. The van der Waals surface area contributed by atoms with Gasteiger partial charge < -0.3 is 0 Å². The Balaban J connectivity index is 1.98. The van der Waals surface area contributed by atoms with Gasteiger partial charge in [-0.1, -0.05) is 50.3 Å². The van der Waals surface area contributed by atoms with Gasteiger partial charge in [0.1, 0.15) is 0 Å². The van der Waals surface area contributed by atoms with Crippen molar-refractivity contribution in [3.05, 3.63) is 30.3 Å². The Hall–Kier alpha value is -0.970. The van der Waals surface area contributed by atoms with Crippen molar-refractivity contribution in [1.82, 2.24) is 0 Å². The van der Waals surface area contributed by atoms with E-state index in [2.05, 4.69) is 0 Å². The maximum absolute atomic E-state index is 14.0. The molecule has 1 aliphatic rings. The Morgan fingerprint density at radius 1 is 1.10 bits per heavy atom. The van der Waals surface area contributed by atoms with E-state index < -0.39 is 21.5 Å². The van der Waals surface area contributed by atoms with E-state index in [1.165, 1.54) is 37.1 Å². The minimum atomic E-state index is -4.57. The quantitative estimate of drug-likeness (QED) is 0.780. The summed E-state index contributed by atoms with van der Waals surface area (Å²) in [5.74, 6) is 0.505. The smallest absolute Gasteiger partial charge is 0.217 e. The van der Waals surface area contributed by atoms with E-state index in [4.69, 9.17) is 0 Å². The highest BCUT2D eigenvalue weighted by atomic mass is 32.2. The molecule has 0 N–H and O–H groups in total. The number of hydrogen-bond donors (Lipinski definition) is 0. The number of sulfone groups is 1. The zero-order chi connectivity index (χ0) is 14.6. The molecule has 0 spiro atoms. The molecular formula is C15H20F2O2S. The Bertz CT molecular complexity index is 520. The molecule has 2 nitrogen and oxygen atoms in total. The second-order valence-corrected chi connectivity index (χ2v) is 7.57. The summed E-state index contributed by atoms with van der Waals surface area (Å²) in [5.41, 5.74) is 0. The highest BCUT2D eigenvalue weighted by Gasteiger charge is 2.45. The summed E-state index contributed by atoms with van der Waals surface area (Å²) in [5, 5.41) is -3.67. The van der Waals surface area contributed by atoms with Gasteiger partial charge in [-0.2, -0.15) is 8.78 Å². The number of alkyl halides is 2. The monoisotopic (exact) mass is 302 g/mol. The van der Waals surface area contributed by atoms with Gasteiger partial charge in [0.05, 0.1) is 4.90 Å². The predicted octanol–water partition coefficient (Wildman–Crippen LogP) is 4.41. The lowest BCUT2D eigenvalue weighted by molar-refractivity contribution is 0.0775. The maximum Gasteiger partial charge on any atom is 0.350 e. The molecule has 1 aromatic rings. The Morgan fingerprint density at radius 2 is 1.70 bits per heavy atom. The SMILES string of the molecule is O=S(=O)(c1ccccc1)C(F)(F)CCCC1CCCC1. The molecule has 0 radical (unpaired) electrons. The molecule has 0 amide bonds. The molecule has 0 saturated heterocycles. The van der Waals surface area contributed by atoms with Crippen LogP contribution in [0.25, 0.3) is 0 Å². The van der Waals surface area contributed by atoms with Gasteiger partial charge in [-0.25, -0.2) is 8.42 Å². The van der Waals surface area contributed by atoms with Crippen LogP contribution >= 0.6 is 0 Å². The van der Waals surface area contributed by atoms with Crippen LogP contribution in [-0.2, 0) is 9.84 Å². The summed E-state index contributed by atoms with van der Waals surface area (Å²) in [6.45, 7) is 0. The largest absolute Gasteiger partial charge is 0.350 e. The zero-order valence-electron chi connectivity index (χ0n) is 11.4. The summed E-state index contributed by atoms with van der Waals surface area (Å²) < 4.78 is 51.8. The molecule has 2 rings (SSSR count). The van der Waals surface area contributed by atoms with E-state index in [-0.39, 0.29) is 11.3 Å². The number of benzene rings is 1. The van der Waals surface area contributed by atoms with Crippen LogP contribution in [0.1, 0.15) is 44.9 Å². The molecule has 0 aliphatic heterocycles. The topological polar surface area (TPSA) is 34.1 Å². The number of hydrogen-bond acceptors (Lipinski definition) is 2. The van der Waals surface area contributed by atoms with Gasteiger partial charge in [-0.15, -0.1) is 0 Å². The molecule has 0 atom stereocenters. The van der Waals surface area contributed by atoms with Gasteiger partial charge in [-0.3, -0.25) is 0 Å². The lowest BCUT2D eigenvalue weighted by Gasteiger charge is -2.18. The van der Waals surface area contributed by atoms with Crippen LogP contribution in [0, 0.1) is 5.92 Å². The number of halogens is 2. The maximum atomic E-state index is 14.0. The fourth-order valence-electron chi connectivity index (χ4n) is 2.80. The molecule has 0 bridgehead atoms. The normalized spacial score (nSPS) is 17.5. The molecule has 5 heteroatoms. The minimum Gasteiger partial charge on any atom is -0.217 e. The lowest BCUT2D eigenvalue weighted by atomic mass is 10.0. The molecule has 0 aromatic heterocycles. The molecule has 0 heterocycles. The van der Waals surface area contributed by atoms with Gasteiger partial charge in [0.25, 0.3) is 0 Å². The van der Waals surface area contributed by atoms with Crippen LogP contribution in [0.2, 0.25) is 0 Å². The van der Waals surface area contributed by atoms with Gasteiger partial charge in [0, 0.05) is 6.42 Å². The summed E-state index contributed by atoms with van der Waals surface area (Å²) in [4.78, 5) is -0.300. The first-order valence-electron chi connectivity index (χ1n) is 7.11. The Kier molecular flexibility index (Phi) is 4.78. The summed E-state index contributed by atoms with van der Waals surface area (Å²) in [6, 6.07) is 6.97. The van der Waals surface area contributed by atoms with Crippen LogP contribution < -0.4 is 0 Å². The average molecular weight is 302 g/mol. The summed E-state index contributed by atoms with van der Waals surface area (Å²) >= 11 is 0. The van der Waals surface area contributed by atoms with Crippen molar-refractivity contribution < 1.29 is 17.2 Å². The first kappa shape index (κ1) is 15.4. The van der Waals surface area contributed by atoms with Crippen LogP contribution in [0.4, 0.5) is 8.78 Å². The highest BCUT2D eigenvalue weighted by Crippen LogP contribution is 2.36. The summed E-state index contributed by atoms with van der Waals surface area (Å²) in [7, 11) is -4.57. The van der Waals surface area contributed by atoms with Crippen molar-refractivity contribution in [2.24, 2.45) is 5.92 Å². The average Bonchev–Trinajstić information content (AvgIpc) is 2.92. The minimum absolute atomic E-state index is 0.268. The third-order valence-corrected chi connectivity index (χ3v) is 5.88. The summed E-state index contributed by atoms with van der Waals surface area (Å²) in [6.07, 6.45) is 4.92. The van der Waals surface area contributed by atoms with Crippen molar-refractivity contribution in [1.29, 1.82) is 0 Å². The first-order valence-corrected chi connectivity index (χ1v) is 8.59. The molecule has 112 valence electrons. The van der Waals surface area contributed by atoms with E-state index in [1.807, 2.05) is 0 Å². The third kappa shape index (κ3) is 3.37. The van der Waals surface area contributed by atoms with E-state index in [9.17, 15) is 17.2 Å². The first-order chi connectivity index (χ1) is 9.43. The second kappa shape index (κ2) is 6.20. The number of rotatable bonds is 6. The molecule has 1 aliphatic carbocycles.